The third kappa shape index (κ3) is 5.98. The number of nitrogens with zero attached hydrogens (tertiary/aromatic N) is 1. The molecule has 0 saturated carbocycles. The molecule has 1 N–H and O–H groups in total. The number of nitrogens with one attached hydrogen (secondary N) is 1. The van der Waals surface area contributed by atoms with Gasteiger partial charge in [0.05, 0.1) is 30.6 Å². The average molecular weight is 578 g/mol. The molecule has 1 aromatic carbocycles. The molecule has 0 spiro atoms. The Morgan fingerprint density at radius 3 is 2.69 bits per heavy atom. The van der Waals surface area contributed by atoms with E-state index >= 15 is 4.39 Å². The highest BCUT2D eigenvalue weighted by atomic mass is 35.5. The van der Waals surface area contributed by atoms with Crippen LogP contribution >= 0.6 is 46.1 Å². The molecule has 2 aromatic rings. The molecular weight excluding hydrogens is 558 g/mol. The molecule has 2 aliphatic rings. The lowest BCUT2D eigenvalue weighted by molar-refractivity contribution is -0.118. The highest BCUT2D eigenvalue weighted by Crippen LogP contribution is 2.33. The summed E-state index contributed by atoms with van der Waals surface area (Å²) in [5.41, 5.74) is 3.90. The first-order valence-electron chi connectivity index (χ1n) is 10.5. The summed E-state index contributed by atoms with van der Waals surface area (Å²) >= 11 is 19.1. The van der Waals surface area contributed by atoms with E-state index in [2.05, 4.69) is 10.3 Å². The Bertz CT molecular complexity index is 1380. The maximum absolute atomic E-state index is 15.2. The molecule has 0 bridgehead atoms. The largest absolute Gasteiger partial charge is 0.372 e. The van der Waals surface area contributed by atoms with Crippen molar-refractivity contribution in [2.45, 2.75) is 17.6 Å². The number of aliphatic imine (C=N–C) groups is 1. The molecule has 1 amide bonds. The number of carbonyl (C=O) groups excluding carboxylic acids is 1. The Hall–Kier alpha value is -1.75. The van der Waals surface area contributed by atoms with E-state index in [9.17, 15) is 13.2 Å². The van der Waals surface area contributed by atoms with Crippen LogP contribution in [0.1, 0.15) is 11.1 Å². The van der Waals surface area contributed by atoms with E-state index < -0.39 is 33.9 Å². The highest BCUT2D eigenvalue weighted by Gasteiger charge is 2.30. The molecule has 186 valence electrons. The van der Waals surface area contributed by atoms with Gasteiger partial charge in [0.2, 0.25) is 5.91 Å². The quantitative estimate of drug-likeness (QED) is 0.493. The summed E-state index contributed by atoms with van der Waals surface area (Å²) in [6.07, 6.45) is 0.388. The number of aryl methyl sites for hydroxylation is 1. The highest BCUT2D eigenvalue weighted by molar-refractivity contribution is 7.94. The van der Waals surface area contributed by atoms with Crippen LogP contribution in [0, 0.1) is 6.92 Å². The molecule has 0 fully saturated rings. The van der Waals surface area contributed by atoms with Crippen LogP contribution in [0.2, 0.25) is 14.4 Å². The fraction of sp³-hybridized carbons (Fsp3) is 0.304. The minimum atomic E-state index is -3.89. The minimum Gasteiger partial charge on any atom is -0.372 e. The lowest BCUT2D eigenvalue weighted by Gasteiger charge is -2.21. The zero-order chi connectivity index (χ0) is 25.3. The molecular formula is C23H20Cl3FN2O4S2. The van der Waals surface area contributed by atoms with E-state index in [1.807, 2.05) is 0 Å². The predicted octanol–water partition coefficient (Wildman–Crippen LogP) is 5.15. The standard InChI is InChI=1S/C23H20Cl3FN2O4S2/c1-12-4-21(34-23(12)26)35(31,32)11-20(30)29-8-18(27)16-10-33-9-14-7-28-19(22(14)16)5-13-2-3-15(24)6-17(13)25/h2-4,6H,5,7-11H2,1H3,(H,29,30)/b18-16-. The van der Waals surface area contributed by atoms with Crippen LogP contribution in [-0.4, -0.2) is 52.1 Å². The van der Waals surface area contributed by atoms with Crippen LogP contribution in [0.25, 0.3) is 0 Å². The number of thiophene rings is 1. The molecule has 0 radical (unpaired) electrons. The summed E-state index contributed by atoms with van der Waals surface area (Å²) in [5, 5.41) is 3.36. The Kier molecular flexibility index (Phi) is 8.05. The Labute approximate surface area is 221 Å². The van der Waals surface area contributed by atoms with Crippen molar-refractivity contribution in [3.05, 3.63) is 72.3 Å². The Balaban J connectivity index is 1.47. The van der Waals surface area contributed by atoms with Gasteiger partial charge in [-0.25, -0.2) is 12.8 Å². The van der Waals surface area contributed by atoms with Gasteiger partial charge in [-0.05, 0) is 41.8 Å². The zero-order valence-electron chi connectivity index (χ0n) is 18.5. The molecule has 3 heterocycles. The topological polar surface area (TPSA) is 84.8 Å². The molecule has 2 aliphatic heterocycles. The second kappa shape index (κ2) is 10.7. The van der Waals surface area contributed by atoms with E-state index in [0.29, 0.717) is 50.8 Å². The van der Waals surface area contributed by atoms with Crippen LogP contribution in [0.5, 0.6) is 0 Å². The van der Waals surface area contributed by atoms with Gasteiger partial charge in [0, 0.05) is 33.3 Å². The van der Waals surface area contributed by atoms with Crippen molar-refractivity contribution in [2.75, 3.05) is 32.1 Å². The fourth-order valence-electron chi connectivity index (χ4n) is 3.77. The van der Waals surface area contributed by atoms with Gasteiger partial charge in [-0.3, -0.25) is 9.79 Å². The lowest BCUT2D eigenvalue weighted by Crippen LogP contribution is -2.32. The molecule has 12 heteroatoms. The molecule has 35 heavy (non-hydrogen) atoms. The molecule has 0 aliphatic carbocycles. The van der Waals surface area contributed by atoms with Crippen molar-refractivity contribution in [2.24, 2.45) is 4.99 Å². The van der Waals surface area contributed by atoms with Crippen molar-refractivity contribution >= 4 is 67.6 Å². The van der Waals surface area contributed by atoms with Crippen LogP contribution < -0.4 is 5.32 Å². The summed E-state index contributed by atoms with van der Waals surface area (Å²) in [5.74, 6) is -2.24. The van der Waals surface area contributed by atoms with Gasteiger partial charge in [-0.2, -0.15) is 0 Å². The van der Waals surface area contributed by atoms with Gasteiger partial charge in [0.1, 0.15) is 15.8 Å². The number of benzene rings is 1. The number of carbonyl (C=O) groups is 1. The van der Waals surface area contributed by atoms with E-state index in [4.69, 9.17) is 39.5 Å². The lowest BCUT2D eigenvalue weighted by atomic mass is 9.92. The molecule has 0 atom stereocenters. The number of hydrogen-bond acceptors (Lipinski definition) is 6. The number of hydrogen-bond donors (Lipinski definition) is 1. The monoisotopic (exact) mass is 576 g/mol. The van der Waals surface area contributed by atoms with E-state index in [0.717, 1.165) is 22.5 Å². The molecule has 0 unspecified atom stereocenters. The molecule has 0 saturated heterocycles. The van der Waals surface area contributed by atoms with E-state index in [1.165, 1.54) is 6.07 Å². The summed E-state index contributed by atoms with van der Waals surface area (Å²) < 4.78 is 46.1. The van der Waals surface area contributed by atoms with Crippen molar-refractivity contribution in [3.8, 4) is 0 Å². The number of sulfone groups is 1. The fourth-order valence-corrected chi connectivity index (χ4v) is 7.20. The maximum Gasteiger partial charge on any atom is 0.235 e. The summed E-state index contributed by atoms with van der Waals surface area (Å²) in [7, 11) is -3.89. The average Bonchev–Trinajstić information content (AvgIpc) is 3.37. The van der Waals surface area contributed by atoms with Gasteiger partial charge < -0.3 is 10.1 Å². The first kappa shape index (κ1) is 26.3. The first-order valence-corrected chi connectivity index (χ1v) is 14.1. The second-order valence-corrected chi connectivity index (χ2v) is 12.8. The molecule has 1 aromatic heterocycles. The van der Waals surface area contributed by atoms with Gasteiger partial charge >= 0.3 is 0 Å². The zero-order valence-corrected chi connectivity index (χ0v) is 22.4. The van der Waals surface area contributed by atoms with Crippen molar-refractivity contribution < 1.29 is 22.3 Å². The van der Waals surface area contributed by atoms with Gasteiger partial charge in [-0.15, -0.1) is 11.3 Å². The van der Waals surface area contributed by atoms with E-state index in [1.54, 1.807) is 25.1 Å². The SMILES string of the molecule is Cc1cc(S(=O)(=O)CC(=O)NC/C(F)=C2\COCC3=C2C(Cc2ccc(Cl)cc2Cl)=NC3)sc1Cl. The second-order valence-electron chi connectivity index (χ2n) is 8.09. The summed E-state index contributed by atoms with van der Waals surface area (Å²) in [6.45, 7) is 1.94. The summed E-state index contributed by atoms with van der Waals surface area (Å²) in [4.78, 5) is 16.9. The van der Waals surface area contributed by atoms with E-state index in [-0.39, 0.29) is 16.4 Å². The van der Waals surface area contributed by atoms with Crippen LogP contribution in [0.3, 0.4) is 0 Å². The Morgan fingerprint density at radius 1 is 1.23 bits per heavy atom. The normalized spacial score (nSPS) is 17.3. The van der Waals surface area contributed by atoms with Gasteiger partial charge in [0.25, 0.3) is 0 Å². The number of amides is 1. The van der Waals surface area contributed by atoms with Gasteiger partial charge in [-0.1, -0.05) is 40.9 Å². The number of ether oxygens (including phenoxy) is 1. The predicted molar refractivity (Wildman–Crippen MR) is 138 cm³/mol. The smallest absolute Gasteiger partial charge is 0.235 e. The maximum atomic E-state index is 15.2. The van der Waals surface area contributed by atoms with Crippen molar-refractivity contribution in [1.82, 2.24) is 5.32 Å². The minimum absolute atomic E-state index is 0.00266. The third-order valence-electron chi connectivity index (χ3n) is 5.53. The summed E-state index contributed by atoms with van der Waals surface area (Å²) in [6, 6.07) is 6.58. The van der Waals surface area contributed by atoms with Crippen molar-refractivity contribution in [1.29, 1.82) is 0 Å². The Morgan fingerprint density at radius 2 is 2.00 bits per heavy atom. The van der Waals surface area contributed by atoms with Gasteiger partial charge in [0.15, 0.2) is 9.84 Å². The first-order chi connectivity index (χ1) is 16.5. The number of rotatable bonds is 7. The van der Waals surface area contributed by atoms with Crippen molar-refractivity contribution in [3.63, 3.8) is 0 Å². The molecule has 6 nitrogen and oxygen atoms in total. The van der Waals surface area contributed by atoms with Crippen LogP contribution in [0.4, 0.5) is 4.39 Å². The molecule has 4 rings (SSSR count). The third-order valence-corrected chi connectivity index (χ3v) is 9.85. The van der Waals surface area contributed by atoms with Crippen LogP contribution in [0.15, 0.2) is 56.0 Å². The van der Waals surface area contributed by atoms with Crippen LogP contribution in [-0.2, 0) is 25.8 Å². The number of halogens is 4.